The summed E-state index contributed by atoms with van der Waals surface area (Å²) < 4.78 is 5.69. The van der Waals surface area contributed by atoms with E-state index in [1.54, 1.807) is 6.08 Å². The van der Waals surface area contributed by atoms with Crippen LogP contribution < -0.4 is 5.32 Å². The van der Waals surface area contributed by atoms with Crippen molar-refractivity contribution in [2.24, 2.45) is 5.92 Å². The number of amides is 2. The van der Waals surface area contributed by atoms with E-state index in [1.807, 2.05) is 35.2 Å². The van der Waals surface area contributed by atoms with Gasteiger partial charge in [0.1, 0.15) is 0 Å². The van der Waals surface area contributed by atoms with Gasteiger partial charge < -0.3 is 15.0 Å². The molecule has 1 aliphatic carbocycles. The lowest BCUT2D eigenvalue weighted by atomic mass is 9.78. The number of nitrogens with one attached hydrogen (secondary N) is 1. The third kappa shape index (κ3) is 4.25. The molecule has 1 aromatic carbocycles. The highest BCUT2D eigenvalue weighted by Crippen LogP contribution is 2.37. The van der Waals surface area contributed by atoms with E-state index in [4.69, 9.17) is 4.74 Å². The summed E-state index contributed by atoms with van der Waals surface area (Å²) in [6, 6.07) is 10.1. The normalized spacial score (nSPS) is 30.8. The van der Waals surface area contributed by atoms with E-state index in [1.165, 1.54) is 12.0 Å². The molecule has 0 spiro atoms. The molecule has 1 saturated carbocycles. The van der Waals surface area contributed by atoms with Gasteiger partial charge in [-0.2, -0.15) is 0 Å². The van der Waals surface area contributed by atoms with Crippen LogP contribution in [0.3, 0.4) is 0 Å². The Bertz CT molecular complexity index is 768. The van der Waals surface area contributed by atoms with Crippen molar-refractivity contribution in [3.8, 4) is 0 Å². The van der Waals surface area contributed by atoms with E-state index in [0.717, 1.165) is 44.2 Å². The lowest BCUT2D eigenvalue weighted by Crippen LogP contribution is -2.51. The first kappa shape index (κ1) is 20.1. The molecule has 5 nitrogen and oxygen atoms in total. The van der Waals surface area contributed by atoms with Crippen molar-refractivity contribution in [2.75, 3.05) is 26.3 Å². The Morgan fingerprint density at radius 3 is 2.79 bits per heavy atom. The molecule has 5 heteroatoms. The maximum absolute atomic E-state index is 13.7. The van der Waals surface area contributed by atoms with Crippen molar-refractivity contribution in [1.29, 1.82) is 0 Å². The number of allylic oxidation sites excluding steroid dienone is 1. The van der Waals surface area contributed by atoms with E-state index in [-0.39, 0.29) is 17.9 Å². The molecule has 1 N–H and O–H groups in total. The second-order valence-electron chi connectivity index (χ2n) is 8.94. The summed E-state index contributed by atoms with van der Waals surface area (Å²) in [6.45, 7) is 4.57. The van der Waals surface area contributed by atoms with Crippen LogP contribution in [0.15, 0.2) is 42.0 Å². The molecule has 3 unspecified atom stereocenters. The van der Waals surface area contributed by atoms with E-state index >= 15 is 0 Å². The fourth-order valence-corrected chi connectivity index (χ4v) is 5.10. The van der Waals surface area contributed by atoms with Gasteiger partial charge in [0.05, 0.1) is 12.0 Å². The maximum Gasteiger partial charge on any atom is 0.244 e. The van der Waals surface area contributed by atoms with Crippen LogP contribution in [0, 0.1) is 5.92 Å². The van der Waals surface area contributed by atoms with E-state index in [9.17, 15) is 9.59 Å². The Morgan fingerprint density at radius 2 is 2.10 bits per heavy atom. The van der Waals surface area contributed by atoms with Crippen LogP contribution in [0.25, 0.3) is 0 Å². The average Bonchev–Trinajstić information content (AvgIpc) is 3.48. The predicted octanol–water partition coefficient (Wildman–Crippen LogP) is 3.20. The number of hydrogen-bond donors (Lipinski definition) is 1. The quantitative estimate of drug-likeness (QED) is 0.778. The maximum atomic E-state index is 13.7. The topological polar surface area (TPSA) is 58.6 Å². The lowest BCUT2D eigenvalue weighted by Gasteiger charge is -2.35. The van der Waals surface area contributed by atoms with Crippen LogP contribution in [-0.4, -0.2) is 49.1 Å². The molecule has 4 rings (SSSR count). The Balaban J connectivity index is 1.42. The fourth-order valence-electron chi connectivity index (χ4n) is 5.10. The molecule has 2 amide bonds. The number of carbonyl (C=O) groups excluding carboxylic acids is 2. The van der Waals surface area contributed by atoms with Gasteiger partial charge in [0.25, 0.3) is 0 Å². The fraction of sp³-hybridized carbons (Fsp3) is 0.583. The van der Waals surface area contributed by atoms with Crippen LogP contribution in [0.1, 0.15) is 51.0 Å². The van der Waals surface area contributed by atoms with Gasteiger partial charge in [-0.3, -0.25) is 9.59 Å². The van der Waals surface area contributed by atoms with Crippen LogP contribution in [0.2, 0.25) is 0 Å². The third-order valence-corrected chi connectivity index (χ3v) is 6.81. The average molecular weight is 397 g/mol. The number of nitrogens with zero attached hydrogens (tertiary/aromatic N) is 1. The highest BCUT2D eigenvalue weighted by molar-refractivity contribution is 5.90. The van der Waals surface area contributed by atoms with Gasteiger partial charge in [-0.05, 0) is 50.0 Å². The number of carbonyl (C=O) groups is 2. The summed E-state index contributed by atoms with van der Waals surface area (Å²) in [6.07, 6.45) is 7.65. The molecule has 0 radical (unpaired) electrons. The first-order valence-corrected chi connectivity index (χ1v) is 11.0. The van der Waals surface area contributed by atoms with E-state index in [0.29, 0.717) is 25.7 Å². The summed E-state index contributed by atoms with van der Waals surface area (Å²) in [5.41, 5.74) is 1.70. The molecule has 0 aromatic heterocycles. The summed E-state index contributed by atoms with van der Waals surface area (Å²) in [4.78, 5) is 28.0. The second-order valence-corrected chi connectivity index (χ2v) is 8.94. The zero-order valence-electron chi connectivity index (χ0n) is 17.4. The van der Waals surface area contributed by atoms with Crippen molar-refractivity contribution in [3.05, 3.63) is 47.5 Å². The SMILES string of the molecule is CC1CC/C(=C\C(=O)NCC2CCCN2C(=O)C2(c3ccccc3)CCOC2)C1. The summed E-state index contributed by atoms with van der Waals surface area (Å²) >= 11 is 0. The summed E-state index contributed by atoms with van der Waals surface area (Å²) in [5, 5.41) is 3.05. The molecule has 3 fully saturated rings. The van der Waals surface area contributed by atoms with Crippen molar-refractivity contribution >= 4 is 11.8 Å². The van der Waals surface area contributed by atoms with E-state index < -0.39 is 5.41 Å². The van der Waals surface area contributed by atoms with Crippen molar-refractivity contribution in [3.63, 3.8) is 0 Å². The molecule has 29 heavy (non-hydrogen) atoms. The van der Waals surface area contributed by atoms with Crippen molar-refractivity contribution in [2.45, 2.75) is 56.9 Å². The Labute approximate surface area is 173 Å². The molecule has 2 heterocycles. The largest absolute Gasteiger partial charge is 0.380 e. The Morgan fingerprint density at radius 1 is 1.28 bits per heavy atom. The Kier molecular flexibility index (Phi) is 6.04. The predicted molar refractivity (Wildman–Crippen MR) is 112 cm³/mol. The number of rotatable bonds is 5. The van der Waals surface area contributed by atoms with E-state index in [2.05, 4.69) is 12.2 Å². The number of likely N-dealkylation sites (tertiary alicyclic amines) is 1. The van der Waals surface area contributed by atoms with Crippen LogP contribution in [0.4, 0.5) is 0 Å². The first-order chi connectivity index (χ1) is 14.1. The van der Waals surface area contributed by atoms with Gasteiger partial charge in [0.15, 0.2) is 0 Å². The zero-order valence-corrected chi connectivity index (χ0v) is 17.4. The molecular weight excluding hydrogens is 364 g/mol. The molecule has 2 aliphatic heterocycles. The van der Waals surface area contributed by atoms with Gasteiger partial charge in [0, 0.05) is 31.8 Å². The summed E-state index contributed by atoms with van der Waals surface area (Å²) in [5.74, 6) is 0.816. The smallest absolute Gasteiger partial charge is 0.244 e. The van der Waals surface area contributed by atoms with Gasteiger partial charge in [-0.1, -0.05) is 42.8 Å². The number of ether oxygens (including phenoxy) is 1. The van der Waals surface area contributed by atoms with Gasteiger partial charge in [-0.15, -0.1) is 0 Å². The molecule has 0 bridgehead atoms. The summed E-state index contributed by atoms with van der Waals surface area (Å²) in [7, 11) is 0. The van der Waals surface area contributed by atoms with Crippen molar-refractivity contribution < 1.29 is 14.3 Å². The zero-order chi connectivity index (χ0) is 20.3. The Hall–Kier alpha value is -2.14. The minimum Gasteiger partial charge on any atom is -0.380 e. The molecular formula is C24H32N2O3. The standard InChI is InChI=1S/C24H32N2O3/c1-18-9-10-19(14-18)15-22(27)25-16-21-8-5-12-26(21)23(28)24(11-13-29-17-24)20-6-3-2-4-7-20/h2-4,6-7,15,18,21H,5,8-14,16-17H2,1H3,(H,25,27)/b19-15+. The lowest BCUT2D eigenvalue weighted by molar-refractivity contribution is -0.138. The van der Waals surface area contributed by atoms with Crippen LogP contribution in [0.5, 0.6) is 0 Å². The van der Waals surface area contributed by atoms with Gasteiger partial charge in [0.2, 0.25) is 11.8 Å². The van der Waals surface area contributed by atoms with Crippen LogP contribution >= 0.6 is 0 Å². The molecule has 2 saturated heterocycles. The van der Waals surface area contributed by atoms with Crippen LogP contribution in [-0.2, 0) is 19.7 Å². The third-order valence-electron chi connectivity index (χ3n) is 6.81. The second kappa shape index (κ2) is 8.70. The number of benzene rings is 1. The highest BCUT2D eigenvalue weighted by atomic mass is 16.5. The van der Waals surface area contributed by atoms with Gasteiger partial charge in [-0.25, -0.2) is 0 Å². The molecule has 3 aliphatic rings. The molecule has 1 aromatic rings. The monoisotopic (exact) mass is 396 g/mol. The molecule has 156 valence electrons. The molecule has 3 atom stereocenters. The minimum atomic E-state index is -0.587. The highest BCUT2D eigenvalue weighted by Gasteiger charge is 2.48. The first-order valence-electron chi connectivity index (χ1n) is 11.0. The minimum absolute atomic E-state index is 0.0182. The van der Waals surface area contributed by atoms with Crippen molar-refractivity contribution in [1.82, 2.24) is 10.2 Å². The van der Waals surface area contributed by atoms with Gasteiger partial charge >= 0.3 is 0 Å². The number of hydrogen-bond acceptors (Lipinski definition) is 3.